The van der Waals surface area contributed by atoms with Crippen molar-refractivity contribution in [2.24, 2.45) is 17.3 Å². The van der Waals surface area contributed by atoms with Crippen molar-refractivity contribution < 1.29 is 19.7 Å². The molecule has 174 valence electrons. The van der Waals surface area contributed by atoms with Crippen molar-refractivity contribution in [2.75, 3.05) is 13.2 Å². The predicted octanol–water partition coefficient (Wildman–Crippen LogP) is 4.90. The Balaban J connectivity index is 1.52. The van der Waals surface area contributed by atoms with Crippen LogP contribution in [0.15, 0.2) is 41.0 Å². The molecule has 2 fully saturated rings. The van der Waals surface area contributed by atoms with E-state index in [1.54, 1.807) is 5.57 Å². The van der Waals surface area contributed by atoms with Gasteiger partial charge in [0.2, 0.25) is 0 Å². The van der Waals surface area contributed by atoms with Gasteiger partial charge in [-0.1, -0.05) is 30.6 Å². The van der Waals surface area contributed by atoms with E-state index in [0.29, 0.717) is 25.0 Å². The maximum Gasteiger partial charge on any atom is 0.161 e. The van der Waals surface area contributed by atoms with Crippen molar-refractivity contribution in [3.63, 3.8) is 0 Å². The van der Waals surface area contributed by atoms with Gasteiger partial charge in [0, 0.05) is 11.3 Å². The molecule has 0 saturated heterocycles. The number of aliphatic hydroxyl groups excluding tert-OH is 1. The Morgan fingerprint density at radius 1 is 1.06 bits per heavy atom. The second kappa shape index (κ2) is 7.65. The minimum atomic E-state index is -0.937. The molecular weight excluding hydrogens is 412 g/mol. The first kappa shape index (κ1) is 21.3. The first-order valence-electron chi connectivity index (χ1n) is 12.6. The van der Waals surface area contributed by atoms with Crippen molar-refractivity contribution in [2.45, 2.75) is 76.4 Å². The van der Waals surface area contributed by atoms with E-state index >= 15 is 0 Å². The van der Waals surface area contributed by atoms with Crippen molar-refractivity contribution in [3.05, 3.63) is 46.6 Å². The normalized spacial score (nSPS) is 39.0. The lowest BCUT2D eigenvalue weighted by atomic mass is 9.51. The van der Waals surface area contributed by atoms with Crippen LogP contribution < -0.4 is 9.47 Å². The van der Waals surface area contributed by atoms with Crippen LogP contribution >= 0.6 is 0 Å². The van der Waals surface area contributed by atoms with Gasteiger partial charge in [-0.05, 0) is 92.5 Å². The number of aliphatic hydroxyl groups is 2. The standard InChI is InChI=1S/C29H34O4/c1-3-11-29(31)12-10-24-22-7-4-18-15-20(30)6-8-21(18)27(22)23(17-28(24,29)2)19-5-9-25-26(16-19)33-14-13-32-25/h5,9,15-16,20,22-24,30-31H,4,6-8,10,12-14,17H2,1-2H3/t20?,22-,23+,24-,28-,29-/m0/s1. The molecule has 1 aliphatic heterocycles. The van der Waals surface area contributed by atoms with Gasteiger partial charge < -0.3 is 19.7 Å². The zero-order valence-electron chi connectivity index (χ0n) is 19.7. The maximum absolute atomic E-state index is 11.8. The fourth-order valence-electron chi connectivity index (χ4n) is 7.77. The fraction of sp³-hybridized carbons (Fsp3) is 0.586. The molecule has 4 heteroatoms. The molecule has 2 N–H and O–H groups in total. The van der Waals surface area contributed by atoms with Crippen LogP contribution in [-0.2, 0) is 0 Å². The van der Waals surface area contributed by atoms with Gasteiger partial charge >= 0.3 is 0 Å². The van der Waals surface area contributed by atoms with Crippen LogP contribution in [0.4, 0.5) is 0 Å². The molecule has 1 unspecified atom stereocenters. The number of ether oxygens (including phenoxy) is 2. The van der Waals surface area contributed by atoms with E-state index in [2.05, 4.69) is 43.0 Å². The predicted molar refractivity (Wildman–Crippen MR) is 127 cm³/mol. The summed E-state index contributed by atoms with van der Waals surface area (Å²) in [5.74, 6) is 9.03. The summed E-state index contributed by atoms with van der Waals surface area (Å²) in [7, 11) is 0. The van der Waals surface area contributed by atoms with Gasteiger partial charge in [0.05, 0.1) is 6.10 Å². The third-order valence-electron chi connectivity index (χ3n) is 9.31. The van der Waals surface area contributed by atoms with Gasteiger partial charge in [-0.3, -0.25) is 0 Å². The molecule has 33 heavy (non-hydrogen) atoms. The molecule has 1 aromatic carbocycles. The van der Waals surface area contributed by atoms with E-state index in [-0.39, 0.29) is 17.4 Å². The third-order valence-corrected chi connectivity index (χ3v) is 9.31. The van der Waals surface area contributed by atoms with Crippen LogP contribution in [0.5, 0.6) is 11.5 Å². The van der Waals surface area contributed by atoms with Gasteiger partial charge in [0.1, 0.15) is 18.8 Å². The van der Waals surface area contributed by atoms with E-state index in [1.807, 2.05) is 6.92 Å². The first-order valence-corrected chi connectivity index (χ1v) is 12.6. The summed E-state index contributed by atoms with van der Waals surface area (Å²) < 4.78 is 11.7. The molecule has 1 aromatic rings. The Morgan fingerprint density at radius 2 is 1.88 bits per heavy atom. The monoisotopic (exact) mass is 446 g/mol. The highest BCUT2D eigenvalue weighted by molar-refractivity contribution is 5.52. The summed E-state index contributed by atoms with van der Waals surface area (Å²) in [5.41, 5.74) is 4.46. The van der Waals surface area contributed by atoms with Crippen LogP contribution in [0.2, 0.25) is 0 Å². The van der Waals surface area contributed by atoms with E-state index in [9.17, 15) is 10.2 Å². The number of hydrogen-bond donors (Lipinski definition) is 2. The van der Waals surface area contributed by atoms with Crippen LogP contribution in [0.3, 0.4) is 0 Å². The van der Waals surface area contributed by atoms with Gasteiger partial charge in [-0.2, -0.15) is 0 Å². The van der Waals surface area contributed by atoms with Crippen molar-refractivity contribution in [1.82, 2.24) is 0 Å². The average molecular weight is 447 g/mol. The third kappa shape index (κ3) is 3.12. The van der Waals surface area contributed by atoms with Gasteiger partial charge in [-0.25, -0.2) is 0 Å². The summed E-state index contributed by atoms with van der Waals surface area (Å²) in [6.45, 7) is 5.30. The average Bonchev–Trinajstić information content (AvgIpc) is 3.08. The molecule has 0 amide bonds. The van der Waals surface area contributed by atoms with Crippen molar-refractivity contribution >= 4 is 0 Å². The topological polar surface area (TPSA) is 58.9 Å². The van der Waals surface area contributed by atoms with E-state index in [1.165, 1.54) is 16.7 Å². The molecule has 0 bridgehead atoms. The molecule has 2 saturated carbocycles. The smallest absolute Gasteiger partial charge is 0.161 e. The highest BCUT2D eigenvalue weighted by Gasteiger charge is 2.62. The molecule has 4 nitrogen and oxygen atoms in total. The quantitative estimate of drug-likeness (QED) is 0.602. The van der Waals surface area contributed by atoms with E-state index < -0.39 is 5.60 Å². The number of fused-ring (bicyclic) bond motifs is 5. The first-order chi connectivity index (χ1) is 15.9. The van der Waals surface area contributed by atoms with Crippen molar-refractivity contribution in [1.29, 1.82) is 0 Å². The number of benzene rings is 1. The minimum absolute atomic E-state index is 0.212. The SMILES string of the molecule is CC#C[C@]1(O)CC[C@H]2[C@@H]3CCC4=CC(O)CCC4=C3[C@@H](c3ccc4c(c3)OCCO4)C[C@@]21C. The molecule has 5 aliphatic rings. The van der Waals surface area contributed by atoms with Crippen LogP contribution in [0.25, 0.3) is 0 Å². The molecular formula is C29H34O4. The Labute approximate surface area is 196 Å². The van der Waals surface area contributed by atoms with Gasteiger partial charge in [0.25, 0.3) is 0 Å². The Hall–Kier alpha value is -2.22. The zero-order chi connectivity index (χ0) is 22.8. The lowest BCUT2D eigenvalue weighted by Crippen LogP contribution is -2.51. The van der Waals surface area contributed by atoms with Crippen LogP contribution in [0, 0.1) is 29.1 Å². The number of allylic oxidation sites excluding steroid dienone is 3. The molecule has 0 aromatic heterocycles. The Kier molecular flexibility index (Phi) is 4.94. The summed E-state index contributed by atoms with van der Waals surface area (Å²) >= 11 is 0. The summed E-state index contributed by atoms with van der Waals surface area (Å²) in [5, 5.41) is 22.1. The Morgan fingerprint density at radius 3 is 2.70 bits per heavy atom. The fourth-order valence-corrected chi connectivity index (χ4v) is 7.77. The number of rotatable bonds is 1. The van der Waals surface area contributed by atoms with E-state index in [4.69, 9.17) is 9.47 Å². The molecule has 6 rings (SSSR count). The van der Waals surface area contributed by atoms with E-state index in [0.717, 1.165) is 56.4 Å². The molecule has 4 aliphatic carbocycles. The second-order valence-corrected chi connectivity index (χ2v) is 10.8. The second-order valence-electron chi connectivity index (χ2n) is 10.8. The summed E-state index contributed by atoms with van der Waals surface area (Å²) in [6, 6.07) is 6.42. The highest BCUT2D eigenvalue weighted by Crippen LogP contribution is 2.66. The number of hydrogen-bond acceptors (Lipinski definition) is 4. The largest absolute Gasteiger partial charge is 0.486 e. The lowest BCUT2D eigenvalue weighted by molar-refractivity contribution is -0.0514. The van der Waals surface area contributed by atoms with Gasteiger partial charge in [0.15, 0.2) is 11.5 Å². The Bertz CT molecular complexity index is 1100. The minimum Gasteiger partial charge on any atom is -0.486 e. The molecule has 0 spiro atoms. The summed E-state index contributed by atoms with van der Waals surface area (Å²) in [4.78, 5) is 0. The van der Waals surface area contributed by atoms with Crippen LogP contribution in [0.1, 0.15) is 70.3 Å². The summed E-state index contributed by atoms with van der Waals surface area (Å²) in [6.07, 6.45) is 8.31. The van der Waals surface area contributed by atoms with Crippen LogP contribution in [-0.4, -0.2) is 35.1 Å². The molecule has 0 radical (unpaired) electrons. The lowest BCUT2D eigenvalue weighted by Gasteiger charge is -2.54. The molecule has 1 heterocycles. The zero-order valence-corrected chi connectivity index (χ0v) is 19.7. The maximum atomic E-state index is 11.8. The molecule has 6 atom stereocenters. The van der Waals surface area contributed by atoms with Crippen molar-refractivity contribution in [3.8, 4) is 23.3 Å². The van der Waals surface area contributed by atoms with Gasteiger partial charge in [-0.15, -0.1) is 5.92 Å². The highest BCUT2D eigenvalue weighted by atomic mass is 16.6.